The quantitative estimate of drug-likeness (QED) is 0.388. The Bertz CT molecular complexity index is 138. The first-order valence-electron chi connectivity index (χ1n) is 3.34. The van der Waals surface area contributed by atoms with Gasteiger partial charge in [-0.1, -0.05) is 0 Å². The summed E-state index contributed by atoms with van der Waals surface area (Å²) in [4.78, 5) is 12.0. The largest absolute Gasteiger partial charge is 0.300 e. The van der Waals surface area contributed by atoms with E-state index in [0.29, 0.717) is 13.0 Å². The molecule has 0 aliphatic carbocycles. The van der Waals surface area contributed by atoms with Crippen LogP contribution in [0.2, 0.25) is 0 Å². The molecule has 10 heavy (non-hydrogen) atoms. The van der Waals surface area contributed by atoms with Gasteiger partial charge < -0.3 is 0 Å². The minimum absolute atomic E-state index is 0.202. The zero-order valence-corrected chi connectivity index (χ0v) is 5.99. The topological polar surface area (TPSA) is 46.4 Å². The molecular formula is C6H11N2O2. The van der Waals surface area contributed by atoms with Crippen LogP contribution >= 0.6 is 0 Å². The van der Waals surface area contributed by atoms with E-state index in [2.05, 4.69) is 0 Å². The first-order chi connectivity index (χ1) is 4.70. The van der Waals surface area contributed by atoms with E-state index in [1.54, 1.807) is 0 Å². The Morgan fingerprint density at radius 3 is 2.90 bits per heavy atom. The fourth-order valence-electron chi connectivity index (χ4n) is 1.15. The van der Waals surface area contributed by atoms with Crippen LogP contribution in [0.3, 0.4) is 0 Å². The van der Waals surface area contributed by atoms with Crippen LogP contribution in [0.15, 0.2) is 0 Å². The molecule has 1 atom stereocenters. The van der Waals surface area contributed by atoms with Crippen molar-refractivity contribution in [3.8, 4) is 0 Å². The minimum atomic E-state index is -0.376. The molecule has 0 aromatic rings. The Morgan fingerprint density at radius 1 is 1.80 bits per heavy atom. The highest BCUT2D eigenvalue weighted by Crippen LogP contribution is 2.08. The lowest BCUT2D eigenvalue weighted by Gasteiger charge is -2.23. The lowest BCUT2D eigenvalue weighted by molar-refractivity contribution is -0.524. The van der Waals surface area contributed by atoms with Crippen molar-refractivity contribution in [2.24, 2.45) is 0 Å². The summed E-state index contributed by atoms with van der Waals surface area (Å²) in [5.74, 6) is 0. The number of rotatable bonds is 1. The number of hydrogen-bond acceptors (Lipinski definition) is 3. The smallest absolute Gasteiger partial charge is 0.225 e. The van der Waals surface area contributed by atoms with Crippen molar-refractivity contribution in [1.82, 2.24) is 4.90 Å². The van der Waals surface area contributed by atoms with Crippen molar-refractivity contribution < 1.29 is 4.92 Å². The van der Waals surface area contributed by atoms with Gasteiger partial charge in [-0.15, -0.1) is 0 Å². The van der Waals surface area contributed by atoms with Gasteiger partial charge in [0.1, 0.15) is 0 Å². The maximum atomic E-state index is 10.3. The van der Waals surface area contributed by atoms with Gasteiger partial charge in [0.2, 0.25) is 6.04 Å². The Kier molecular flexibility index (Phi) is 2.21. The van der Waals surface area contributed by atoms with Crippen LogP contribution in [0.25, 0.3) is 0 Å². The standard InChI is InChI=1S/C6H11N2O2/c1-7-4-2-3-6(5-7)8(9)10/h2,6H,3-5H2,1H3. The van der Waals surface area contributed by atoms with Crippen molar-refractivity contribution in [2.45, 2.75) is 12.5 Å². The Morgan fingerprint density at radius 2 is 2.50 bits per heavy atom. The first-order valence-corrected chi connectivity index (χ1v) is 3.34. The van der Waals surface area contributed by atoms with E-state index >= 15 is 0 Å². The molecule has 0 aromatic carbocycles. The van der Waals surface area contributed by atoms with E-state index in [4.69, 9.17) is 0 Å². The van der Waals surface area contributed by atoms with Gasteiger partial charge in [-0.25, -0.2) is 0 Å². The average Bonchev–Trinajstić information content (AvgIpc) is 1.88. The molecule has 1 unspecified atom stereocenters. The van der Waals surface area contributed by atoms with E-state index in [1.165, 1.54) is 0 Å². The second-order valence-electron chi connectivity index (χ2n) is 2.68. The third kappa shape index (κ3) is 1.67. The molecule has 1 aliphatic heterocycles. The molecule has 0 N–H and O–H groups in total. The van der Waals surface area contributed by atoms with E-state index < -0.39 is 0 Å². The van der Waals surface area contributed by atoms with Gasteiger partial charge in [0, 0.05) is 17.9 Å². The number of nitrogens with zero attached hydrogens (tertiary/aromatic N) is 2. The maximum absolute atomic E-state index is 10.3. The lowest BCUT2D eigenvalue weighted by atomic mass is 10.1. The molecule has 0 bridgehead atoms. The summed E-state index contributed by atoms with van der Waals surface area (Å²) in [6.45, 7) is 1.47. The summed E-state index contributed by atoms with van der Waals surface area (Å²) >= 11 is 0. The van der Waals surface area contributed by atoms with Crippen LogP contribution in [0.5, 0.6) is 0 Å². The van der Waals surface area contributed by atoms with Gasteiger partial charge in [-0.05, 0) is 13.5 Å². The Labute approximate surface area is 60.0 Å². The summed E-state index contributed by atoms with van der Waals surface area (Å²) in [7, 11) is 1.90. The maximum Gasteiger partial charge on any atom is 0.225 e. The fraction of sp³-hybridized carbons (Fsp3) is 0.833. The zero-order chi connectivity index (χ0) is 7.56. The predicted molar refractivity (Wildman–Crippen MR) is 37.2 cm³/mol. The third-order valence-corrected chi connectivity index (χ3v) is 1.70. The van der Waals surface area contributed by atoms with Gasteiger partial charge >= 0.3 is 0 Å². The number of likely N-dealkylation sites (N-methyl/N-ethyl adjacent to an activating group) is 1. The summed E-state index contributed by atoms with van der Waals surface area (Å²) in [5.41, 5.74) is 0. The second-order valence-corrected chi connectivity index (χ2v) is 2.68. The van der Waals surface area contributed by atoms with Crippen molar-refractivity contribution in [2.75, 3.05) is 20.1 Å². The van der Waals surface area contributed by atoms with E-state index in [0.717, 1.165) is 6.54 Å². The van der Waals surface area contributed by atoms with Gasteiger partial charge in [0.15, 0.2) is 0 Å². The van der Waals surface area contributed by atoms with Crippen LogP contribution in [0, 0.1) is 16.5 Å². The van der Waals surface area contributed by atoms with E-state index in [9.17, 15) is 10.1 Å². The molecule has 0 saturated carbocycles. The molecule has 1 aliphatic rings. The normalized spacial score (nSPS) is 28.3. The zero-order valence-electron chi connectivity index (χ0n) is 5.99. The van der Waals surface area contributed by atoms with Gasteiger partial charge in [-0.3, -0.25) is 15.0 Å². The molecule has 0 amide bonds. The fourth-order valence-corrected chi connectivity index (χ4v) is 1.15. The van der Waals surface area contributed by atoms with Crippen molar-refractivity contribution in [3.05, 3.63) is 16.5 Å². The number of nitro groups is 1. The average molecular weight is 143 g/mol. The van der Waals surface area contributed by atoms with Crippen LogP contribution in [-0.4, -0.2) is 36.0 Å². The molecule has 57 valence electrons. The number of hydrogen-bond donors (Lipinski definition) is 0. The third-order valence-electron chi connectivity index (χ3n) is 1.70. The Hall–Kier alpha value is -0.640. The van der Waals surface area contributed by atoms with Crippen molar-refractivity contribution >= 4 is 0 Å². The highest BCUT2D eigenvalue weighted by molar-refractivity contribution is 4.81. The lowest BCUT2D eigenvalue weighted by Crippen LogP contribution is -2.39. The van der Waals surface area contributed by atoms with E-state index in [-0.39, 0.29) is 11.0 Å². The summed E-state index contributed by atoms with van der Waals surface area (Å²) in [6, 6.07) is -0.376. The van der Waals surface area contributed by atoms with Gasteiger partial charge in [-0.2, -0.15) is 0 Å². The number of piperidine rings is 1. The molecule has 1 heterocycles. The first kappa shape index (κ1) is 7.47. The van der Waals surface area contributed by atoms with Gasteiger partial charge in [0.25, 0.3) is 0 Å². The molecule has 4 nitrogen and oxygen atoms in total. The van der Waals surface area contributed by atoms with Crippen molar-refractivity contribution in [1.29, 1.82) is 0 Å². The van der Waals surface area contributed by atoms with Crippen LogP contribution < -0.4 is 0 Å². The number of likely N-dealkylation sites (tertiary alicyclic amines) is 1. The highest BCUT2D eigenvalue weighted by Gasteiger charge is 2.25. The molecular weight excluding hydrogens is 132 g/mol. The molecule has 1 rings (SSSR count). The molecule has 1 saturated heterocycles. The molecule has 0 aromatic heterocycles. The predicted octanol–water partition coefficient (Wildman–Crippen LogP) is 0.171. The molecule has 1 radical (unpaired) electrons. The van der Waals surface area contributed by atoms with Gasteiger partial charge in [0.05, 0.1) is 6.54 Å². The van der Waals surface area contributed by atoms with Crippen LogP contribution in [0.1, 0.15) is 6.42 Å². The summed E-state index contributed by atoms with van der Waals surface area (Å²) in [5, 5.41) is 10.3. The molecule has 0 spiro atoms. The summed E-state index contributed by atoms with van der Waals surface area (Å²) in [6.07, 6.45) is 2.58. The summed E-state index contributed by atoms with van der Waals surface area (Å²) < 4.78 is 0. The monoisotopic (exact) mass is 143 g/mol. The van der Waals surface area contributed by atoms with Crippen LogP contribution in [-0.2, 0) is 0 Å². The van der Waals surface area contributed by atoms with E-state index in [1.807, 2.05) is 18.4 Å². The molecule has 4 heteroatoms. The second kappa shape index (κ2) is 2.96. The van der Waals surface area contributed by atoms with Crippen LogP contribution in [0.4, 0.5) is 0 Å². The van der Waals surface area contributed by atoms with Crippen molar-refractivity contribution in [3.63, 3.8) is 0 Å². The molecule has 1 fully saturated rings. The Balaban J connectivity index is 2.39. The minimum Gasteiger partial charge on any atom is -0.300 e. The highest BCUT2D eigenvalue weighted by atomic mass is 16.6. The SMILES string of the molecule is CN1C[CH]CC([N+](=O)[O-])C1.